The lowest BCUT2D eigenvalue weighted by molar-refractivity contribution is 0.103. The fraction of sp³-hybridized carbons (Fsp3) is 0.235. The Kier molecular flexibility index (Phi) is 4.10. The van der Waals surface area contributed by atoms with Gasteiger partial charge in [0.05, 0.1) is 16.8 Å². The van der Waals surface area contributed by atoms with Crippen molar-refractivity contribution in [2.75, 3.05) is 11.9 Å². The van der Waals surface area contributed by atoms with E-state index in [-0.39, 0.29) is 5.91 Å². The monoisotopic (exact) mass is 339 g/mol. The third-order valence-corrected chi connectivity index (χ3v) is 5.21. The van der Waals surface area contributed by atoms with Gasteiger partial charge in [-0.3, -0.25) is 4.79 Å². The lowest BCUT2D eigenvalue weighted by atomic mass is 10.2. The van der Waals surface area contributed by atoms with Crippen LogP contribution in [0, 0.1) is 0 Å². The van der Waals surface area contributed by atoms with E-state index in [0.717, 1.165) is 18.7 Å². The minimum absolute atomic E-state index is 0.149. The minimum Gasteiger partial charge on any atom is -0.309 e. The number of para-hydroxylation sites is 1. The van der Waals surface area contributed by atoms with Gasteiger partial charge in [-0.15, -0.1) is 16.4 Å². The number of aromatic nitrogens is 3. The zero-order valence-corrected chi connectivity index (χ0v) is 13.8. The molecule has 3 aromatic rings. The van der Waals surface area contributed by atoms with Crippen molar-refractivity contribution in [1.82, 2.24) is 20.3 Å². The van der Waals surface area contributed by atoms with Gasteiger partial charge in [-0.2, -0.15) is 0 Å². The molecule has 1 aromatic carbocycles. The molecule has 3 heterocycles. The van der Waals surface area contributed by atoms with Gasteiger partial charge >= 0.3 is 0 Å². The van der Waals surface area contributed by atoms with Gasteiger partial charge in [-0.05, 0) is 43.7 Å². The molecule has 1 fully saturated rings. The van der Waals surface area contributed by atoms with E-state index in [2.05, 4.69) is 20.9 Å². The highest BCUT2D eigenvalue weighted by molar-refractivity contribution is 7.14. The molecule has 1 aliphatic heterocycles. The number of benzene rings is 1. The molecule has 1 atom stereocenters. The van der Waals surface area contributed by atoms with E-state index in [1.165, 1.54) is 22.6 Å². The Morgan fingerprint density at radius 1 is 1.25 bits per heavy atom. The zero-order chi connectivity index (χ0) is 16.4. The van der Waals surface area contributed by atoms with E-state index in [1.54, 1.807) is 10.9 Å². The van der Waals surface area contributed by atoms with Crippen LogP contribution in [0.4, 0.5) is 5.82 Å². The number of nitrogens with one attached hydrogen (secondary N) is 2. The summed E-state index contributed by atoms with van der Waals surface area (Å²) in [4.78, 5) is 14.3. The van der Waals surface area contributed by atoms with Crippen LogP contribution in [0.15, 0.2) is 48.7 Å². The van der Waals surface area contributed by atoms with Crippen molar-refractivity contribution in [3.8, 4) is 5.69 Å². The number of thiophene rings is 1. The summed E-state index contributed by atoms with van der Waals surface area (Å²) in [6.45, 7) is 1.05. The van der Waals surface area contributed by atoms with Crippen LogP contribution in [0.1, 0.15) is 33.4 Å². The maximum atomic E-state index is 12.4. The fourth-order valence-corrected chi connectivity index (χ4v) is 3.81. The first kappa shape index (κ1) is 15.0. The normalized spacial score (nSPS) is 17.1. The molecule has 1 aliphatic rings. The van der Waals surface area contributed by atoms with Crippen molar-refractivity contribution < 1.29 is 4.79 Å². The summed E-state index contributed by atoms with van der Waals surface area (Å²) in [7, 11) is 0. The molecule has 24 heavy (non-hydrogen) atoms. The van der Waals surface area contributed by atoms with Gasteiger partial charge in [0.1, 0.15) is 0 Å². The molecule has 0 bridgehead atoms. The van der Waals surface area contributed by atoms with Crippen LogP contribution in [0.3, 0.4) is 0 Å². The number of rotatable bonds is 4. The molecule has 0 spiro atoms. The van der Waals surface area contributed by atoms with Gasteiger partial charge in [-0.1, -0.05) is 23.4 Å². The summed E-state index contributed by atoms with van der Waals surface area (Å²) in [5.41, 5.74) is 0.899. The molecular formula is C17H17N5OS. The number of hydrogen-bond acceptors (Lipinski definition) is 5. The number of anilines is 1. The van der Waals surface area contributed by atoms with Crippen LogP contribution in [0.2, 0.25) is 0 Å². The van der Waals surface area contributed by atoms with Crippen LogP contribution in [0.5, 0.6) is 0 Å². The van der Waals surface area contributed by atoms with E-state index in [4.69, 9.17) is 0 Å². The summed E-state index contributed by atoms with van der Waals surface area (Å²) in [6, 6.07) is 14.0. The Balaban J connectivity index is 1.45. The second-order valence-electron chi connectivity index (χ2n) is 5.69. The fourth-order valence-electron chi connectivity index (χ4n) is 2.80. The highest BCUT2D eigenvalue weighted by Gasteiger charge is 2.20. The largest absolute Gasteiger partial charge is 0.309 e. The van der Waals surface area contributed by atoms with Gasteiger partial charge in [0, 0.05) is 10.9 Å². The number of carbonyl (C=O) groups is 1. The standard InChI is InChI=1S/C17H17N5OS/c23-17(15-9-8-14(24-15)13-7-4-10-18-13)19-16-11-22(21-20-16)12-5-2-1-3-6-12/h1-3,5-6,8-9,11,13,18H,4,7,10H2,(H,19,23). The number of carbonyl (C=O) groups excluding carboxylic acids is 1. The Bertz CT molecular complexity index is 836. The average Bonchev–Trinajstić information content (AvgIpc) is 3.36. The zero-order valence-electron chi connectivity index (χ0n) is 13.0. The van der Waals surface area contributed by atoms with Crippen molar-refractivity contribution in [2.24, 2.45) is 0 Å². The smallest absolute Gasteiger partial charge is 0.266 e. The quantitative estimate of drug-likeness (QED) is 0.766. The minimum atomic E-state index is -0.149. The summed E-state index contributed by atoms with van der Waals surface area (Å²) in [5.74, 6) is 0.294. The lowest BCUT2D eigenvalue weighted by Gasteiger charge is -2.05. The van der Waals surface area contributed by atoms with E-state index in [9.17, 15) is 4.79 Å². The predicted octanol–water partition coefficient (Wildman–Crippen LogP) is 3.01. The van der Waals surface area contributed by atoms with Crippen molar-refractivity contribution in [2.45, 2.75) is 18.9 Å². The Morgan fingerprint density at radius 2 is 2.12 bits per heavy atom. The summed E-state index contributed by atoms with van der Waals surface area (Å²) < 4.78 is 1.64. The maximum Gasteiger partial charge on any atom is 0.266 e. The number of hydrogen-bond donors (Lipinski definition) is 2. The third-order valence-electron chi connectivity index (χ3n) is 4.01. The van der Waals surface area contributed by atoms with Gasteiger partial charge in [-0.25, -0.2) is 4.68 Å². The predicted molar refractivity (Wildman–Crippen MR) is 93.6 cm³/mol. The van der Waals surface area contributed by atoms with Crippen LogP contribution in [-0.2, 0) is 0 Å². The first-order chi connectivity index (χ1) is 11.8. The van der Waals surface area contributed by atoms with Gasteiger partial charge in [0.2, 0.25) is 0 Å². The molecule has 0 radical (unpaired) electrons. The van der Waals surface area contributed by atoms with E-state index < -0.39 is 0 Å². The average molecular weight is 339 g/mol. The van der Waals surface area contributed by atoms with Gasteiger partial charge in [0.15, 0.2) is 5.82 Å². The molecule has 7 heteroatoms. The highest BCUT2D eigenvalue weighted by Crippen LogP contribution is 2.29. The van der Waals surface area contributed by atoms with E-state index in [0.29, 0.717) is 16.7 Å². The van der Waals surface area contributed by atoms with Crippen LogP contribution >= 0.6 is 11.3 Å². The Hall–Kier alpha value is -2.51. The lowest BCUT2D eigenvalue weighted by Crippen LogP contribution is -2.11. The molecule has 122 valence electrons. The van der Waals surface area contributed by atoms with Crippen molar-refractivity contribution in [1.29, 1.82) is 0 Å². The summed E-state index contributed by atoms with van der Waals surface area (Å²) in [5, 5.41) is 14.3. The Morgan fingerprint density at radius 3 is 2.92 bits per heavy atom. The van der Waals surface area contributed by atoms with Crippen LogP contribution in [0.25, 0.3) is 5.69 Å². The van der Waals surface area contributed by atoms with Crippen molar-refractivity contribution >= 4 is 23.1 Å². The molecule has 1 unspecified atom stereocenters. The van der Waals surface area contributed by atoms with Crippen LogP contribution < -0.4 is 10.6 Å². The SMILES string of the molecule is O=C(Nc1cn(-c2ccccc2)nn1)c1ccc(C2CCCN2)s1. The molecular weight excluding hydrogens is 322 g/mol. The first-order valence-electron chi connectivity index (χ1n) is 7.92. The molecule has 2 N–H and O–H groups in total. The van der Waals surface area contributed by atoms with E-state index in [1.807, 2.05) is 42.5 Å². The van der Waals surface area contributed by atoms with Crippen molar-refractivity contribution in [3.63, 3.8) is 0 Å². The summed E-state index contributed by atoms with van der Waals surface area (Å²) in [6.07, 6.45) is 4.03. The molecule has 6 nitrogen and oxygen atoms in total. The molecule has 4 rings (SSSR count). The molecule has 0 aliphatic carbocycles. The number of amides is 1. The van der Waals surface area contributed by atoms with E-state index >= 15 is 0 Å². The summed E-state index contributed by atoms with van der Waals surface area (Å²) >= 11 is 1.53. The third kappa shape index (κ3) is 3.08. The maximum absolute atomic E-state index is 12.4. The highest BCUT2D eigenvalue weighted by atomic mass is 32.1. The topological polar surface area (TPSA) is 71.8 Å². The molecule has 0 saturated carbocycles. The second-order valence-corrected chi connectivity index (χ2v) is 6.80. The second kappa shape index (κ2) is 6.54. The van der Waals surface area contributed by atoms with Crippen molar-refractivity contribution in [3.05, 3.63) is 58.4 Å². The van der Waals surface area contributed by atoms with Crippen LogP contribution in [-0.4, -0.2) is 27.4 Å². The van der Waals surface area contributed by atoms with Gasteiger partial charge in [0.25, 0.3) is 5.91 Å². The first-order valence-corrected chi connectivity index (χ1v) is 8.73. The Labute approximate surface area is 143 Å². The van der Waals surface area contributed by atoms with Gasteiger partial charge < -0.3 is 10.6 Å². The molecule has 2 aromatic heterocycles. The molecule has 1 saturated heterocycles. The number of nitrogens with zero attached hydrogens (tertiary/aromatic N) is 3. The molecule has 1 amide bonds.